The van der Waals surface area contributed by atoms with Crippen molar-refractivity contribution in [2.24, 2.45) is 5.92 Å². The Kier molecular flexibility index (Phi) is 7.25. The molecule has 0 aliphatic carbocycles. The van der Waals surface area contributed by atoms with Crippen molar-refractivity contribution in [2.75, 3.05) is 30.8 Å². The van der Waals surface area contributed by atoms with Crippen LogP contribution in [0.2, 0.25) is 0 Å². The molecule has 1 amide bonds. The highest BCUT2D eigenvalue weighted by Gasteiger charge is 2.30. The van der Waals surface area contributed by atoms with Crippen LogP contribution < -0.4 is 10.1 Å². The largest absolute Gasteiger partial charge is 0.492 e. The number of hydrogen-bond acceptors (Lipinski definition) is 4. The average molecular weight is 368 g/mol. The van der Waals surface area contributed by atoms with Crippen molar-refractivity contribution in [3.63, 3.8) is 0 Å². The Hall–Kier alpha value is -1.60. The highest BCUT2D eigenvalue weighted by atomic mass is 32.2. The Labute approximate surface area is 150 Å². The number of nitrogens with one attached hydrogen (secondary N) is 1. The fraction of sp³-hybridized carbons (Fsp3) is 0.611. The second-order valence-electron chi connectivity index (χ2n) is 6.26. The second kappa shape index (κ2) is 9.20. The molecule has 1 N–H and O–H groups in total. The number of carbonyl (C=O) groups excluding carboxylic acids is 1. The third-order valence-corrected chi connectivity index (χ3v) is 6.38. The minimum absolute atomic E-state index is 0.0715. The summed E-state index contributed by atoms with van der Waals surface area (Å²) in [6.07, 6.45) is 2.64. The van der Waals surface area contributed by atoms with Crippen LogP contribution in [0.1, 0.15) is 39.5 Å². The molecule has 1 fully saturated rings. The Balaban J connectivity index is 1.91. The number of piperidine rings is 1. The summed E-state index contributed by atoms with van der Waals surface area (Å²) in [6.45, 7) is 5.23. The summed E-state index contributed by atoms with van der Waals surface area (Å²) >= 11 is 0. The summed E-state index contributed by atoms with van der Waals surface area (Å²) < 4.78 is 31.5. The molecule has 140 valence electrons. The van der Waals surface area contributed by atoms with Crippen LogP contribution in [0.4, 0.5) is 5.69 Å². The minimum Gasteiger partial charge on any atom is -0.492 e. The molecule has 1 aliphatic rings. The molecule has 1 aliphatic heterocycles. The molecule has 0 aromatic heterocycles. The first kappa shape index (κ1) is 19.7. The number of hydrogen-bond donors (Lipinski definition) is 1. The topological polar surface area (TPSA) is 75.7 Å². The van der Waals surface area contributed by atoms with Gasteiger partial charge >= 0.3 is 0 Å². The normalized spacial score (nSPS) is 16.6. The van der Waals surface area contributed by atoms with Crippen LogP contribution in [0.3, 0.4) is 0 Å². The zero-order chi connectivity index (χ0) is 18.3. The van der Waals surface area contributed by atoms with Crippen molar-refractivity contribution in [1.82, 2.24) is 4.31 Å². The average Bonchev–Trinajstić information content (AvgIpc) is 2.62. The Morgan fingerprint density at radius 2 is 1.92 bits per heavy atom. The van der Waals surface area contributed by atoms with E-state index < -0.39 is 10.0 Å². The second-order valence-corrected chi connectivity index (χ2v) is 8.35. The lowest BCUT2D eigenvalue weighted by Gasteiger charge is -2.30. The molecule has 1 heterocycles. The molecule has 7 heteroatoms. The maximum absolute atomic E-state index is 12.5. The van der Waals surface area contributed by atoms with Gasteiger partial charge in [-0.3, -0.25) is 4.79 Å². The maximum Gasteiger partial charge on any atom is 0.227 e. The van der Waals surface area contributed by atoms with Gasteiger partial charge in [0.25, 0.3) is 0 Å². The molecule has 0 saturated carbocycles. The third kappa shape index (κ3) is 5.44. The SMILES string of the molecule is CCCCS(=O)(=O)N1CCC(C(=O)Nc2ccccc2OCC)CC1. The number of carbonyl (C=O) groups is 1. The van der Waals surface area contributed by atoms with E-state index in [1.165, 1.54) is 4.31 Å². The van der Waals surface area contributed by atoms with Crippen LogP contribution in [0.15, 0.2) is 24.3 Å². The number of sulfonamides is 1. The molecule has 6 nitrogen and oxygen atoms in total. The first-order valence-electron chi connectivity index (χ1n) is 8.98. The van der Waals surface area contributed by atoms with Gasteiger partial charge in [-0.05, 0) is 38.3 Å². The van der Waals surface area contributed by atoms with Gasteiger partial charge in [-0.15, -0.1) is 0 Å². The quantitative estimate of drug-likeness (QED) is 0.765. The third-order valence-electron chi connectivity index (χ3n) is 4.42. The molecule has 1 aromatic carbocycles. The van der Waals surface area contributed by atoms with Gasteiger partial charge in [0.05, 0.1) is 18.0 Å². The van der Waals surface area contributed by atoms with E-state index in [9.17, 15) is 13.2 Å². The van der Waals surface area contributed by atoms with E-state index in [-0.39, 0.29) is 17.6 Å². The fourth-order valence-electron chi connectivity index (χ4n) is 2.94. The molecule has 25 heavy (non-hydrogen) atoms. The van der Waals surface area contributed by atoms with Crippen LogP contribution in [0, 0.1) is 5.92 Å². The van der Waals surface area contributed by atoms with Crippen molar-refractivity contribution in [3.05, 3.63) is 24.3 Å². The standard InChI is InChI=1S/C18H28N2O4S/c1-3-5-14-25(22,23)20-12-10-15(11-13-20)18(21)19-16-8-6-7-9-17(16)24-4-2/h6-9,15H,3-5,10-14H2,1-2H3,(H,19,21). The van der Waals surface area contributed by atoms with Gasteiger partial charge in [-0.25, -0.2) is 12.7 Å². The van der Waals surface area contributed by atoms with Crippen molar-refractivity contribution >= 4 is 21.6 Å². The van der Waals surface area contributed by atoms with E-state index >= 15 is 0 Å². The van der Waals surface area contributed by atoms with E-state index in [4.69, 9.17) is 4.74 Å². The van der Waals surface area contributed by atoms with Crippen molar-refractivity contribution in [1.29, 1.82) is 0 Å². The van der Waals surface area contributed by atoms with Gasteiger partial charge in [0.15, 0.2) is 0 Å². The summed E-state index contributed by atoms with van der Waals surface area (Å²) in [5.74, 6) is 0.602. The van der Waals surface area contributed by atoms with Crippen LogP contribution in [0.25, 0.3) is 0 Å². The summed E-state index contributed by atoms with van der Waals surface area (Å²) in [5.41, 5.74) is 0.660. The van der Waals surface area contributed by atoms with Crippen molar-refractivity contribution < 1.29 is 17.9 Å². The predicted molar refractivity (Wildman–Crippen MR) is 99.2 cm³/mol. The number of amides is 1. The van der Waals surface area contributed by atoms with Gasteiger partial charge < -0.3 is 10.1 Å². The number of unbranched alkanes of at least 4 members (excludes halogenated alkanes) is 1. The van der Waals surface area contributed by atoms with Gasteiger partial charge in [0.2, 0.25) is 15.9 Å². The number of rotatable bonds is 8. The van der Waals surface area contributed by atoms with E-state index in [2.05, 4.69) is 5.32 Å². The number of nitrogens with zero attached hydrogens (tertiary/aromatic N) is 1. The van der Waals surface area contributed by atoms with E-state index in [0.717, 1.165) is 6.42 Å². The van der Waals surface area contributed by atoms with Gasteiger partial charge in [0, 0.05) is 19.0 Å². The maximum atomic E-state index is 12.5. The summed E-state index contributed by atoms with van der Waals surface area (Å²) in [5, 5.41) is 2.92. The molecular weight excluding hydrogens is 340 g/mol. The van der Waals surface area contributed by atoms with Crippen molar-refractivity contribution in [3.8, 4) is 5.75 Å². The lowest BCUT2D eigenvalue weighted by molar-refractivity contribution is -0.120. The van der Waals surface area contributed by atoms with Gasteiger partial charge in [-0.2, -0.15) is 0 Å². The van der Waals surface area contributed by atoms with Crippen molar-refractivity contribution in [2.45, 2.75) is 39.5 Å². The summed E-state index contributed by atoms with van der Waals surface area (Å²) in [4.78, 5) is 12.5. The number of para-hydroxylation sites is 2. The monoisotopic (exact) mass is 368 g/mol. The molecule has 1 aromatic rings. The minimum atomic E-state index is -3.19. The summed E-state index contributed by atoms with van der Waals surface area (Å²) in [6, 6.07) is 7.34. The van der Waals surface area contributed by atoms with Crippen LogP contribution in [-0.4, -0.2) is 44.1 Å². The van der Waals surface area contributed by atoms with E-state index in [1.54, 1.807) is 0 Å². The zero-order valence-corrected chi connectivity index (χ0v) is 15.8. The smallest absolute Gasteiger partial charge is 0.227 e. The fourth-order valence-corrected chi connectivity index (χ4v) is 4.62. The predicted octanol–water partition coefficient (Wildman–Crippen LogP) is 2.87. The molecule has 0 bridgehead atoms. The summed E-state index contributed by atoms with van der Waals surface area (Å²) in [7, 11) is -3.19. The van der Waals surface area contributed by atoms with Crippen LogP contribution in [0.5, 0.6) is 5.75 Å². The molecule has 0 unspecified atom stereocenters. The van der Waals surface area contributed by atoms with Gasteiger partial charge in [-0.1, -0.05) is 25.5 Å². The lowest BCUT2D eigenvalue weighted by atomic mass is 9.97. The molecule has 1 saturated heterocycles. The van der Waals surface area contributed by atoms with Crippen LogP contribution >= 0.6 is 0 Å². The Bertz CT molecular complexity index is 667. The zero-order valence-electron chi connectivity index (χ0n) is 15.0. The molecule has 0 atom stereocenters. The highest BCUT2D eigenvalue weighted by molar-refractivity contribution is 7.89. The van der Waals surface area contributed by atoms with Gasteiger partial charge in [0.1, 0.15) is 5.75 Å². The van der Waals surface area contributed by atoms with Crippen LogP contribution in [-0.2, 0) is 14.8 Å². The number of ether oxygens (including phenoxy) is 1. The van der Waals surface area contributed by atoms with E-state index in [0.29, 0.717) is 50.4 Å². The number of benzene rings is 1. The number of anilines is 1. The first-order valence-corrected chi connectivity index (χ1v) is 10.6. The molecule has 2 rings (SSSR count). The lowest BCUT2D eigenvalue weighted by Crippen LogP contribution is -2.42. The first-order chi connectivity index (χ1) is 12.0. The molecule has 0 radical (unpaired) electrons. The highest BCUT2D eigenvalue weighted by Crippen LogP contribution is 2.26. The molecular formula is C18H28N2O4S. The Morgan fingerprint density at radius 1 is 1.24 bits per heavy atom. The molecule has 0 spiro atoms. The Morgan fingerprint density at radius 3 is 2.56 bits per heavy atom. The van der Waals surface area contributed by atoms with E-state index in [1.807, 2.05) is 38.1 Å².